The quantitative estimate of drug-likeness (QED) is 0.360. The molecule has 128 valence electrons. The zero-order valence-corrected chi connectivity index (χ0v) is 17.9. The molecule has 0 unspecified atom stereocenters. The Labute approximate surface area is 168 Å². The minimum absolute atomic E-state index is 0. The molecular formula is C21H28Ru2. The fraction of sp³-hybridized carbons (Fsp3) is 0.333. The maximum Gasteiger partial charge on any atom is 2.00 e. The zero-order chi connectivity index (χ0) is 15.3. The number of rotatable bonds is 3. The van der Waals surface area contributed by atoms with E-state index in [1.807, 2.05) is 0 Å². The maximum atomic E-state index is 2.19. The smallest absolute Gasteiger partial charge is 0.213 e. The summed E-state index contributed by atoms with van der Waals surface area (Å²) in [6, 6.07) is 16.8. The van der Waals surface area contributed by atoms with Crippen molar-refractivity contribution in [2.45, 2.75) is 46.5 Å². The van der Waals surface area contributed by atoms with E-state index in [4.69, 9.17) is 0 Å². The van der Waals surface area contributed by atoms with Crippen LogP contribution < -0.4 is 0 Å². The summed E-state index contributed by atoms with van der Waals surface area (Å²) in [5.74, 6) is 0. The van der Waals surface area contributed by atoms with Crippen molar-refractivity contribution in [2.75, 3.05) is 0 Å². The van der Waals surface area contributed by atoms with Crippen molar-refractivity contribution in [3.8, 4) is 0 Å². The van der Waals surface area contributed by atoms with Crippen LogP contribution in [-0.4, -0.2) is 0 Å². The van der Waals surface area contributed by atoms with Gasteiger partial charge in [-0.1, -0.05) is 57.4 Å². The fourth-order valence-electron chi connectivity index (χ4n) is 2.05. The largest absolute Gasteiger partial charge is 2.00 e. The summed E-state index contributed by atoms with van der Waals surface area (Å²) in [5, 5.41) is 0. The normalized spacial score (nSPS) is 11.0. The molecule has 2 heteroatoms. The maximum absolute atomic E-state index is 2.19. The van der Waals surface area contributed by atoms with Gasteiger partial charge in [0, 0.05) is 19.5 Å². The molecule has 2 aromatic rings. The summed E-state index contributed by atoms with van der Waals surface area (Å²) in [7, 11) is 0. The summed E-state index contributed by atoms with van der Waals surface area (Å²) in [6.07, 6.45) is 11.2. The van der Waals surface area contributed by atoms with Gasteiger partial charge in [0.1, 0.15) is 0 Å². The Kier molecular flexibility index (Phi) is 17.5. The van der Waals surface area contributed by atoms with Crippen LogP contribution in [0.15, 0.2) is 72.3 Å². The molecule has 0 bridgehead atoms. The van der Waals surface area contributed by atoms with Crippen LogP contribution in [0.4, 0.5) is 0 Å². The Hall–Kier alpha value is -0.573. The van der Waals surface area contributed by atoms with Crippen molar-refractivity contribution < 1.29 is 39.0 Å². The summed E-state index contributed by atoms with van der Waals surface area (Å²) in [6.45, 7) is 6.52. The summed E-state index contributed by atoms with van der Waals surface area (Å²) in [4.78, 5) is 0. The second-order valence-electron chi connectivity index (χ2n) is 5.10. The van der Waals surface area contributed by atoms with Crippen LogP contribution in [0.3, 0.4) is 0 Å². The van der Waals surface area contributed by atoms with E-state index in [0.29, 0.717) is 0 Å². The van der Waals surface area contributed by atoms with Gasteiger partial charge >= 0.3 is 19.5 Å². The van der Waals surface area contributed by atoms with Crippen LogP contribution in [0.2, 0.25) is 0 Å². The Morgan fingerprint density at radius 3 is 1.43 bits per heavy atom. The van der Waals surface area contributed by atoms with Gasteiger partial charge in [0.15, 0.2) is 0 Å². The molecule has 0 spiro atoms. The van der Waals surface area contributed by atoms with Crippen molar-refractivity contribution in [2.24, 2.45) is 0 Å². The van der Waals surface area contributed by atoms with E-state index in [1.54, 1.807) is 5.57 Å². The fourth-order valence-corrected chi connectivity index (χ4v) is 2.05. The van der Waals surface area contributed by atoms with E-state index >= 15 is 0 Å². The molecule has 0 saturated carbocycles. The molecule has 2 aromatic carbocycles. The summed E-state index contributed by atoms with van der Waals surface area (Å²) in [5.41, 5.74) is 4.42. The standard InChI is InChI=1S/C7H10.2C7H9.2Ru/c3*1-2-7-5-3-4-6-7;;/h3-5H,2,6H2,1H3;2*3-6H,2H2,1H3;;/q;2*-1;;+2. The predicted molar refractivity (Wildman–Crippen MR) is 95.0 cm³/mol. The van der Waals surface area contributed by atoms with Crippen LogP contribution >= 0.6 is 0 Å². The van der Waals surface area contributed by atoms with Crippen molar-refractivity contribution in [1.82, 2.24) is 0 Å². The van der Waals surface area contributed by atoms with Gasteiger partial charge in [-0.3, -0.25) is 0 Å². The third-order valence-corrected chi connectivity index (χ3v) is 3.58. The molecule has 0 atom stereocenters. The molecule has 0 radical (unpaired) electrons. The average molecular weight is 483 g/mol. The van der Waals surface area contributed by atoms with Gasteiger partial charge in [0.2, 0.25) is 0 Å². The second-order valence-corrected chi connectivity index (χ2v) is 5.10. The van der Waals surface area contributed by atoms with E-state index in [2.05, 4.69) is 87.5 Å². The van der Waals surface area contributed by atoms with Crippen LogP contribution in [-0.2, 0) is 51.8 Å². The Bertz CT molecular complexity index is 468. The van der Waals surface area contributed by atoms with Gasteiger partial charge < -0.3 is 0 Å². The van der Waals surface area contributed by atoms with Gasteiger partial charge in [-0.2, -0.15) is 35.4 Å². The van der Waals surface area contributed by atoms with Crippen molar-refractivity contribution >= 4 is 0 Å². The van der Waals surface area contributed by atoms with E-state index in [-0.39, 0.29) is 39.0 Å². The molecule has 0 aliphatic heterocycles. The molecule has 0 N–H and O–H groups in total. The minimum atomic E-state index is 0. The van der Waals surface area contributed by atoms with E-state index in [1.165, 1.54) is 24.0 Å². The summed E-state index contributed by atoms with van der Waals surface area (Å²) < 4.78 is 0. The van der Waals surface area contributed by atoms with E-state index in [9.17, 15) is 0 Å². The third kappa shape index (κ3) is 11.6. The number of aryl methyl sites for hydroxylation is 2. The van der Waals surface area contributed by atoms with Crippen molar-refractivity contribution in [1.29, 1.82) is 0 Å². The molecule has 0 fully saturated rings. The van der Waals surface area contributed by atoms with Gasteiger partial charge in [0.25, 0.3) is 0 Å². The Morgan fingerprint density at radius 2 is 1.26 bits per heavy atom. The first-order valence-corrected chi connectivity index (χ1v) is 8.05. The van der Waals surface area contributed by atoms with E-state index in [0.717, 1.165) is 12.8 Å². The molecule has 0 saturated heterocycles. The van der Waals surface area contributed by atoms with Crippen LogP contribution in [0.25, 0.3) is 0 Å². The molecule has 0 amide bonds. The van der Waals surface area contributed by atoms with Crippen LogP contribution in [0, 0.1) is 0 Å². The third-order valence-electron chi connectivity index (χ3n) is 3.58. The monoisotopic (exact) mass is 484 g/mol. The number of hydrogen-bond acceptors (Lipinski definition) is 0. The van der Waals surface area contributed by atoms with Crippen molar-refractivity contribution in [3.05, 3.63) is 83.5 Å². The topological polar surface area (TPSA) is 0 Å². The van der Waals surface area contributed by atoms with Gasteiger partial charge in [-0.15, -0.1) is 0 Å². The molecule has 23 heavy (non-hydrogen) atoms. The molecule has 3 rings (SSSR count). The molecular weight excluding hydrogens is 454 g/mol. The van der Waals surface area contributed by atoms with Gasteiger partial charge in [-0.05, 0) is 12.8 Å². The molecule has 0 nitrogen and oxygen atoms in total. The molecule has 0 heterocycles. The molecule has 0 aromatic heterocycles. The Balaban J connectivity index is 0. The Morgan fingerprint density at radius 1 is 0.826 bits per heavy atom. The second kappa shape index (κ2) is 16.3. The van der Waals surface area contributed by atoms with Crippen molar-refractivity contribution in [3.63, 3.8) is 0 Å². The first kappa shape index (κ1) is 24.7. The summed E-state index contributed by atoms with van der Waals surface area (Å²) >= 11 is 0. The molecule has 1 aliphatic rings. The predicted octanol–water partition coefficient (Wildman–Crippen LogP) is 6.21. The van der Waals surface area contributed by atoms with Crippen LogP contribution in [0.1, 0.15) is 44.7 Å². The van der Waals surface area contributed by atoms with Gasteiger partial charge in [-0.25, -0.2) is 24.3 Å². The van der Waals surface area contributed by atoms with E-state index < -0.39 is 0 Å². The zero-order valence-electron chi connectivity index (χ0n) is 14.4. The number of hydrogen-bond donors (Lipinski definition) is 0. The first-order chi connectivity index (χ1) is 10.3. The van der Waals surface area contributed by atoms with Gasteiger partial charge in [0.05, 0.1) is 0 Å². The molecule has 1 aliphatic carbocycles. The average Bonchev–Trinajstić information content (AvgIpc) is 3.31. The first-order valence-electron chi connectivity index (χ1n) is 8.05. The SMILES string of the molecule is CCC1=CC=CC1.CC[c-]1cccc1.CC[c-]1cccc1.[Ru+2].[Ru]. The number of allylic oxidation sites excluding steroid dienone is 4. The minimum Gasteiger partial charge on any atom is -0.213 e. The van der Waals surface area contributed by atoms with Crippen LogP contribution in [0.5, 0.6) is 0 Å².